The standard InChI is InChI=1S/C22H23ClF3N7O3/c1-11(22(24,25)26)28-18(34)10-36-16-7-4-12(8-17(16)35-3)20-30-21(33(2)32-20)29-15-6-5-14-13(19(15)23)9-27-31-14/h4-7,9,11,17H,8,10H2,1-3H3,(H,27,31)(H,28,34)(H,29,30,32). The van der Waals surface area contributed by atoms with Crippen LogP contribution < -0.4 is 10.6 Å². The van der Waals surface area contributed by atoms with E-state index in [1.807, 2.05) is 11.4 Å². The highest BCUT2D eigenvalue weighted by Crippen LogP contribution is 2.33. The third-order valence-corrected chi connectivity index (χ3v) is 5.96. The van der Waals surface area contributed by atoms with E-state index in [0.29, 0.717) is 34.7 Å². The van der Waals surface area contributed by atoms with Crippen molar-refractivity contribution in [3.8, 4) is 0 Å². The second-order valence-corrected chi connectivity index (χ2v) is 8.45. The lowest BCUT2D eigenvalue weighted by molar-refractivity contribution is -0.159. The van der Waals surface area contributed by atoms with E-state index < -0.39 is 30.8 Å². The molecule has 0 spiro atoms. The molecule has 2 unspecified atom stereocenters. The van der Waals surface area contributed by atoms with Gasteiger partial charge in [0.25, 0.3) is 5.91 Å². The number of alkyl halides is 3. The molecule has 2 atom stereocenters. The summed E-state index contributed by atoms with van der Waals surface area (Å²) in [5.41, 5.74) is 2.18. The molecule has 1 amide bonds. The minimum atomic E-state index is -4.53. The van der Waals surface area contributed by atoms with Crippen LogP contribution in [0.25, 0.3) is 16.5 Å². The van der Waals surface area contributed by atoms with Gasteiger partial charge < -0.3 is 20.1 Å². The van der Waals surface area contributed by atoms with Crippen LogP contribution in [0.5, 0.6) is 0 Å². The van der Waals surface area contributed by atoms with Crippen molar-refractivity contribution in [2.45, 2.75) is 31.7 Å². The van der Waals surface area contributed by atoms with Crippen LogP contribution in [-0.2, 0) is 21.3 Å². The van der Waals surface area contributed by atoms with Crippen molar-refractivity contribution in [3.05, 3.63) is 47.1 Å². The van der Waals surface area contributed by atoms with Gasteiger partial charge >= 0.3 is 6.18 Å². The zero-order valence-electron chi connectivity index (χ0n) is 19.5. The maximum Gasteiger partial charge on any atom is 0.408 e. The van der Waals surface area contributed by atoms with E-state index in [-0.39, 0.29) is 0 Å². The molecule has 2 aromatic heterocycles. The fraction of sp³-hybridized carbons (Fsp3) is 0.364. The number of allylic oxidation sites excluding steroid dienone is 2. The van der Waals surface area contributed by atoms with Crippen LogP contribution in [0.3, 0.4) is 0 Å². The van der Waals surface area contributed by atoms with Crippen molar-refractivity contribution in [2.75, 3.05) is 19.0 Å². The Hall–Kier alpha value is -3.58. The number of amides is 1. The van der Waals surface area contributed by atoms with Gasteiger partial charge in [0, 0.05) is 31.5 Å². The number of methoxy groups -OCH3 is 1. The fourth-order valence-corrected chi connectivity index (χ4v) is 3.77. The first-order chi connectivity index (χ1) is 17.1. The number of hydrogen-bond acceptors (Lipinski definition) is 7. The topological polar surface area (TPSA) is 119 Å². The molecule has 1 aliphatic rings. The second-order valence-electron chi connectivity index (χ2n) is 8.07. The fourth-order valence-electron chi connectivity index (χ4n) is 3.51. The molecule has 10 nitrogen and oxygen atoms in total. The molecule has 4 rings (SSSR count). The minimum absolute atomic E-state index is 0.311. The van der Waals surface area contributed by atoms with E-state index in [9.17, 15) is 18.0 Å². The Balaban J connectivity index is 1.46. The number of carbonyl (C=O) groups is 1. The van der Waals surface area contributed by atoms with Crippen molar-refractivity contribution in [3.63, 3.8) is 0 Å². The summed E-state index contributed by atoms with van der Waals surface area (Å²) >= 11 is 6.48. The molecule has 0 aliphatic heterocycles. The van der Waals surface area contributed by atoms with Gasteiger partial charge in [0.15, 0.2) is 12.4 Å². The summed E-state index contributed by atoms with van der Waals surface area (Å²) in [6.45, 7) is 0.282. The van der Waals surface area contributed by atoms with Gasteiger partial charge in [-0.25, -0.2) is 4.68 Å². The van der Waals surface area contributed by atoms with E-state index in [0.717, 1.165) is 23.4 Å². The molecule has 192 valence electrons. The molecular formula is C22H23ClF3N7O3. The average Bonchev–Trinajstić information content (AvgIpc) is 3.46. The molecule has 2 heterocycles. The highest BCUT2D eigenvalue weighted by molar-refractivity contribution is 6.38. The Morgan fingerprint density at radius 1 is 1.36 bits per heavy atom. The van der Waals surface area contributed by atoms with Crippen LogP contribution in [0.1, 0.15) is 19.2 Å². The summed E-state index contributed by atoms with van der Waals surface area (Å²) in [6.07, 6.45) is 0.151. The largest absolute Gasteiger partial charge is 0.485 e. The number of aryl methyl sites for hydroxylation is 1. The zero-order valence-corrected chi connectivity index (χ0v) is 20.2. The minimum Gasteiger partial charge on any atom is -0.485 e. The second kappa shape index (κ2) is 10.2. The van der Waals surface area contributed by atoms with E-state index in [4.69, 9.17) is 21.1 Å². The lowest BCUT2D eigenvalue weighted by Crippen LogP contribution is -2.44. The highest BCUT2D eigenvalue weighted by Gasteiger charge is 2.37. The normalized spacial score (nSPS) is 16.9. The summed E-state index contributed by atoms with van der Waals surface area (Å²) in [4.78, 5) is 16.4. The first-order valence-corrected chi connectivity index (χ1v) is 11.2. The average molecular weight is 526 g/mol. The monoisotopic (exact) mass is 525 g/mol. The maximum absolute atomic E-state index is 12.6. The number of anilines is 2. The predicted molar refractivity (Wildman–Crippen MR) is 126 cm³/mol. The van der Waals surface area contributed by atoms with Gasteiger partial charge in [-0.15, -0.1) is 5.10 Å². The molecule has 0 fully saturated rings. The van der Waals surface area contributed by atoms with E-state index in [1.54, 1.807) is 36.1 Å². The number of nitrogens with zero attached hydrogens (tertiary/aromatic N) is 4. The molecule has 1 aromatic carbocycles. The van der Waals surface area contributed by atoms with E-state index >= 15 is 0 Å². The van der Waals surface area contributed by atoms with Crippen LogP contribution in [0.2, 0.25) is 5.02 Å². The number of halogens is 4. The quantitative estimate of drug-likeness (QED) is 0.408. The van der Waals surface area contributed by atoms with Gasteiger partial charge in [-0.2, -0.15) is 23.3 Å². The van der Waals surface area contributed by atoms with Crippen LogP contribution in [0, 0.1) is 0 Å². The molecule has 0 saturated carbocycles. The lowest BCUT2D eigenvalue weighted by atomic mass is 10.0. The number of hydrogen-bond donors (Lipinski definition) is 3. The Kier molecular flexibility index (Phi) is 7.22. The molecule has 0 saturated heterocycles. The summed E-state index contributed by atoms with van der Waals surface area (Å²) < 4.78 is 50.3. The molecule has 1 aliphatic carbocycles. The third kappa shape index (κ3) is 5.46. The molecule has 0 radical (unpaired) electrons. The van der Waals surface area contributed by atoms with Crippen LogP contribution in [-0.4, -0.2) is 62.9 Å². The van der Waals surface area contributed by atoms with Crippen LogP contribution in [0.15, 0.2) is 36.2 Å². The summed E-state index contributed by atoms with van der Waals surface area (Å²) in [5, 5.41) is 17.6. The molecule has 3 aromatic rings. The van der Waals surface area contributed by atoms with Crippen molar-refractivity contribution >= 4 is 45.6 Å². The molecule has 3 N–H and O–H groups in total. The Morgan fingerprint density at radius 3 is 2.86 bits per heavy atom. The molecule has 36 heavy (non-hydrogen) atoms. The summed E-state index contributed by atoms with van der Waals surface area (Å²) in [6, 6.07) is 1.67. The number of rotatable bonds is 8. The molecule has 14 heteroatoms. The van der Waals surface area contributed by atoms with Gasteiger partial charge in [-0.3, -0.25) is 9.89 Å². The number of aromatic amines is 1. The SMILES string of the molecule is COC1CC(c2nc(Nc3ccc4[nH]ncc4c3Cl)n(C)n2)=CC=C1OCC(=O)NC(C)C(F)(F)F. The maximum atomic E-state index is 12.6. The Labute approximate surface area is 208 Å². The lowest BCUT2D eigenvalue weighted by Gasteiger charge is -2.23. The van der Waals surface area contributed by atoms with Crippen molar-refractivity contribution in [2.24, 2.45) is 7.05 Å². The van der Waals surface area contributed by atoms with Gasteiger partial charge in [0.1, 0.15) is 17.9 Å². The summed E-state index contributed by atoms with van der Waals surface area (Å²) in [5.74, 6) is 0.311. The molecular weight excluding hydrogens is 503 g/mol. The highest BCUT2D eigenvalue weighted by atomic mass is 35.5. The number of fused-ring (bicyclic) bond motifs is 1. The zero-order chi connectivity index (χ0) is 26.0. The van der Waals surface area contributed by atoms with Crippen molar-refractivity contribution in [1.29, 1.82) is 0 Å². The predicted octanol–water partition coefficient (Wildman–Crippen LogP) is 3.86. The van der Waals surface area contributed by atoms with E-state index in [1.165, 1.54) is 7.11 Å². The molecule has 0 bridgehead atoms. The van der Waals surface area contributed by atoms with Gasteiger partial charge in [-0.05, 0) is 25.1 Å². The van der Waals surface area contributed by atoms with Gasteiger partial charge in [-0.1, -0.05) is 17.7 Å². The van der Waals surface area contributed by atoms with E-state index in [2.05, 4.69) is 25.6 Å². The van der Waals surface area contributed by atoms with Gasteiger partial charge in [0.2, 0.25) is 5.95 Å². The number of benzene rings is 1. The number of nitrogens with one attached hydrogen (secondary N) is 3. The van der Waals surface area contributed by atoms with Gasteiger partial charge in [0.05, 0.1) is 22.4 Å². The van der Waals surface area contributed by atoms with Crippen LogP contribution >= 0.6 is 11.6 Å². The van der Waals surface area contributed by atoms with Crippen molar-refractivity contribution in [1.82, 2.24) is 30.3 Å². The number of carbonyl (C=O) groups excluding carboxylic acids is 1. The third-order valence-electron chi connectivity index (χ3n) is 5.55. The van der Waals surface area contributed by atoms with Crippen molar-refractivity contribution < 1.29 is 27.4 Å². The first-order valence-electron chi connectivity index (χ1n) is 10.8. The smallest absolute Gasteiger partial charge is 0.408 e. The Morgan fingerprint density at radius 2 is 2.14 bits per heavy atom. The first kappa shape index (κ1) is 25.5. The number of H-pyrrole nitrogens is 1. The number of ether oxygens (including phenoxy) is 2. The Bertz CT molecular complexity index is 1330. The summed E-state index contributed by atoms with van der Waals surface area (Å²) in [7, 11) is 3.19. The number of aromatic nitrogens is 5. The van der Waals surface area contributed by atoms with Crippen LogP contribution in [0.4, 0.5) is 24.8 Å².